The van der Waals surface area contributed by atoms with Crippen molar-refractivity contribution in [3.8, 4) is 11.1 Å². The van der Waals surface area contributed by atoms with Gasteiger partial charge in [-0.3, -0.25) is 0 Å². The van der Waals surface area contributed by atoms with Gasteiger partial charge in [-0.2, -0.15) is 13.2 Å². The topological polar surface area (TPSA) is 43.8 Å². The summed E-state index contributed by atoms with van der Waals surface area (Å²) in [4.78, 5) is 16.1. The van der Waals surface area contributed by atoms with Crippen molar-refractivity contribution in [1.82, 2.24) is 9.80 Å². The summed E-state index contributed by atoms with van der Waals surface area (Å²) in [5, 5.41) is 9.11. The predicted octanol–water partition coefficient (Wildman–Crippen LogP) is 3.77. The fourth-order valence-electron chi connectivity index (χ4n) is 3.79. The molecule has 1 saturated heterocycles. The molecule has 2 aromatic rings. The minimum Gasteiger partial charge on any atom is -0.396 e. The number of amides is 2. The molecule has 28 heavy (non-hydrogen) atoms. The highest BCUT2D eigenvalue weighted by Gasteiger charge is 2.34. The Balaban J connectivity index is 1.50. The summed E-state index contributed by atoms with van der Waals surface area (Å²) in [5.41, 5.74) is 3.08. The highest BCUT2D eigenvalue weighted by Crippen LogP contribution is 2.32. The van der Waals surface area contributed by atoms with Crippen LogP contribution in [0.4, 0.5) is 18.0 Å². The van der Waals surface area contributed by atoms with E-state index in [1.165, 1.54) is 12.1 Å². The second-order valence-electron chi connectivity index (χ2n) is 7.47. The predicted molar refractivity (Wildman–Crippen MR) is 98.5 cm³/mol. The number of urea groups is 1. The maximum atomic E-state index is 12.8. The molecule has 4 rings (SSSR count). The first-order chi connectivity index (χ1) is 13.3. The molecule has 0 aromatic heterocycles. The Labute approximate surface area is 161 Å². The van der Waals surface area contributed by atoms with Crippen LogP contribution in [0, 0.1) is 5.92 Å². The maximum Gasteiger partial charge on any atom is 0.416 e. The zero-order valence-corrected chi connectivity index (χ0v) is 15.2. The van der Waals surface area contributed by atoms with E-state index < -0.39 is 11.7 Å². The Morgan fingerprint density at radius 1 is 1.00 bits per heavy atom. The zero-order chi connectivity index (χ0) is 19.9. The SMILES string of the molecule is O=C(N1CCc2ccc(-c3ccc(C(F)(F)F)cc3)cc2C1)N1CC(CO)C1. The molecule has 2 amide bonds. The van der Waals surface area contributed by atoms with Crippen molar-refractivity contribution in [3.63, 3.8) is 0 Å². The molecule has 2 aliphatic rings. The molecular formula is C21H21F3N2O2. The molecule has 0 bridgehead atoms. The number of fused-ring (bicyclic) bond motifs is 1. The fraction of sp³-hybridized carbons (Fsp3) is 0.381. The molecular weight excluding hydrogens is 369 g/mol. The molecule has 1 fully saturated rings. The van der Waals surface area contributed by atoms with Gasteiger partial charge in [-0.1, -0.05) is 24.3 Å². The van der Waals surface area contributed by atoms with Crippen LogP contribution in [0.5, 0.6) is 0 Å². The van der Waals surface area contributed by atoms with E-state index in [1.54, 1.807) is 9.80 Å². The van der Waals surface area contributed by atoms with Gasteiger partial charge < -0.3 is 14.9 Å². The van der Waals surface area contributed by atoms with Gasteiger partial charge in [0.1, 0.15) is 0 Å². The van der Waals surface area contributed by atoms with E-state index in [9.17, 15) is 18.0 Å². The van der Waals surface area contributed by atoms with Crippen LogP contribution in [-0.2, 0) is 19.1 Å². The number of nitrogens with zero attached hydrogens (tertiary/aromatic N) is 2. The lowest BCUT2D eigenvalue weighted by atomic mass is 9.94. The van der Waals surface area contributed by atoms with Crippen LogP contribution < -0.4 is 0 Å². The van der Waals surface area contributed by atoms with Gasteiger partial charge in [0.2, 0.25) is 0 Å². The third-order valence-electron chi connectivity index (χ3n) is 5.52. The van der Waals surface area contributed by atoms with Crippen LogP contribution in [0.1, 0.15) is 16.7 Å². The lowest BCUT2D eigenvalue weighted by Crippen LogP contribution is -2.56. The second-order valence-corrected chi connectivity index (χ2v) is 7.47. The van der Waals surface area contributed by atoms with Gasteiger partial charge in [-0.05, 0) is 46.9 Å². The molecule has 1 N–H and O–H groups in total. The lowest BCUT2D eigenvalue weighted by Gasteiger charge is -2.42. The maximum absolute atomic E-state index is 12.8. The van der Waals surface area contributed by atoms with Crippen LogP contribution in [-0.4, -0.2) is 47.2 Å². The third kappa shape index (κ3) is 3.58. The summed E-state index contributed by atoms with van der Waals surface area (Å²) in [6.45, 7) is 2.41. The fourth-order valence-corrected chi connectivity index (χ4v) is 3.79. The van der Waals surface area contributed by atoms with Gasteiger partial charge in [-0.25, -0.2) is 4.79 Å². The summed E-state index contributed by atoms with van der Waals surface area (Å²) in [6.07, 6.45) is -3.59. The Morgan fingerprint density at radius 3 is 2.32 bits per heavy atom. The summed E-state index contributed by atoms with van der Waals surface area (Å²) >= 11 is 0. The Hall–Kier alpha value is -2.54. The van der Waals surface area contributed by atoms with Crippen molar-refractivity contribution >= 4 is 6.03 Å². The number of halogens is 3. The normalized spacial score (nSPS) is 17.3. The average molecular weight is 390 g/mol. The Morgan fingerprint density at radius 2 is 1.68 bits per heavy atom. The van der Waals surface area contributed by atoms with Crippen LogP contribution in [0.15, 0.2) is 42.5 Å². The van der Waals surface area contributed by atoms with Gasteiger partial charge in [0.05, 0.1) is 5.56 Å². The number of aliphatic hydroxyl groups is 1. The van der Waals surface area contributed by atoms with Gasteiger partial charge in [-0.15, -0.1) is 0 Å². The van der Waals surface area contributed by atoms with E-state index in [0.717, 1.165) is 35.2 Å². The summed E-state index contributed by atoms with van der Waals surface area (Å²) in [6, 6.07) is 11.0. The molecule has 2 aromatic carbocycles. The minimum atomic E-state index is -4.35. The smallest absolute Gasteiger partial charge is 0.396 e. The number of carbonyl (C=O) groups is 1. The molecule has 4 nitrogen and oxygen atoms in total. The van der Waals surface area contributed by atoms with Crippen LogP contribution in [0.3, 0.4) is 0 Å². The third-order valence-corrected chi connectivity index (χ3v) is 5.52. The standard InChI is InChI=1S/C21H21F3N2O2/c22-21(23,24)19-5-3-15(4-6-19)17-2-1-16-7-8-25(12-18(16)9-17)20(28)26-10-14(11-26)13-27/h1-6,9,14,27H,7-8,10-13H2. The molecule has 7 heteroatoms. The van der Waals surface area contributed by atoms with Crippen molar-refractivity contribution in [1.29, 1.82) is 0 Å². The van der Waals surface area contributed by atoms with Gasteiger partial charge >= 0.3 is 12.2 Å². The van der Waals surface area contributed by atoms with Crippen LogP contribution in [0.2, 0.25) is 0 Å². The molecule has 0 atom stereocenters. The number of alkyl halides is 3. The van der Waals surface area contributed by atoms with E-state index in [1.807, 2.05) is 18.2 Å². The number of hydrogen-bond acceptors (Lipinski definition) is 2. The first-order valence-corrected chi connectivity index (χ1v) is 9.29. The molecule has 2 aliphatic heterocycles. The van der Waals surface area contributed by atoms with Gasteiger partial charge in [0.25, 0.3) is 0 Å². The largest absolute Gasteiger partial charge is 0.416 e. The molecule has 0 saturated carbocycles. The molecule has 0 aliphatic carbocycles. The Bertz CT molecular complexity index is 874. The molecule has 0 unspecified atom stereocenters. The number of carbonyl (C=O) groups excluding carboxylic acids is 1. The van der Waals surface area contributed by atoms with E-state index in [2.05, 4.69) is 0 Å². The first-order valence-electron chi connectivity index (χ1n) is 9.29. The quantitative estimate of drug-likeness (QED) is 0.848. The van der Waals surface area contributed by atoms with Crippen molar-refractivity contribution < 1.29 is 23.1 Å². The number of benzene rings is 2. The highest BCUT2D eigenvalue weighted by molar-refractivity contribution is 5.76. The van der Waals surface area contributed by atoms with E-state index in [4.69, 9.17) is 5.11 Å². The van der Waals surface area contributed by atoms with Crippen molar-refractivity contribution in [2.45, 2.75) is 19.1 Å². The number of rotatable bonds is 2. The second kappa shape index (κ2) is 7.13. The summed E-state index contributed by atoms with van der Waals surface area (Å²) < 4.78 is 38.3. The molecule has 0 spiro atoms. The van der Waals surface area contributed by atoms with E-state index in [-0.39, 0.29) is 18.6 Å². The average Bonchev–Trinajstić information content (AvgIpc) is 2.65. The van der Waals surface area contributed by atoms with E-state index >= 15 is 0 Å². The van der Waals surface area contributed by atoms with Crippen LogP contribution in [0.25, 0.3) is 11.1 Å². The van der Waals surface area contributed by atoms with Gasteiger partial charge in [0.15, 0.2) is 0 Å². The van der Waals surface area contributed by atoms with Crippen molar-refractivity contribution in [2.24, 2.45) is 5.92 Å². The van der Waals surface area contributed by atoms with Gasteiger partial charge in [0, 0.05) is 38.7 Å². The summed E-state index contributed by atoms with van der Waals surface area (Å²) in [7, 11) is 0. The zero-order valence-electron chi connectivity index (χ0n) is 15.2. The molecule has 2 heterocycles. The van der Waals surface area contributed by atoms with Crippen molar-refractivity contribution in [2.75, 3.05) is 26.2 Å². The highest BCUT2D eigenvalue weighted by atomic mass is 19.4. The minimum absolute atomic E-state index is 0.0183. The monoisotopic (exact) mass is 390 g/mol. The molecule has 0 radical (unpaired) electrons. The number of hydrogen-bond donors (Lipinski definition) is 1. The lowest BCUT2D eigenvalue weighted by molar-refractivity contribution is -0.137. The molecule has 148 valence electrons. The van der Waals surface area contributed by atoms with Crippen LogP contribution >= 0.6 is 0 Å². The van der Waals surface area contributed by atoms with Crippen molar-refractivity contribution in [3.05, 3.63) is 59.2 Å². The van der Waals surface area contributed by atoms with E-state index in [0.29, 0.717) is 31.7 Å². The number of aliphatic hydroxyl groups excluding tert-OH is 1. The Kier molecular flexibility index (Phi) is 4.79. The summed E-state index contributed by atoms with van der Waals surface area (Å²) in [5.74, 6) is 0.173. The first kappa shape index (κ1) is 18.8. The number of likely N-dealkylation sites (tertiary alicyclic amines) is 1.